The van der Waals surface area contributed by atoms with Gasteiger partial charge in [-0.3, -0.25) is 0 Å². The molecule has 2 aromatic carbocycles. The fourth-order valence-corrected chi connectivity index (χ4v) is 2.05. The summed E-state index contributed by atoms with van der Waals surface area (Å²) in [7, 11) is 0. The van der Waals surface area contributed by atoms with E-state index in [4.69, 9.17) is 12.2 Å². The molecular weight excluding hydrogens is 264 g/mol. The Morgan fingerprint density at radius 1 is 0.950 bits per heavy atom. The predicted molar refractivity (Wildman–Crippen MR) is 90.9 cm³/mol. The molecule has 0 aliphatic carbocycles. The lowest BCUT2D eigenvalue weighted by molar-refractivity contribution is 0.627. The molecule has 0 unspecified atom stereocenters. The molecule has 20 heavy (non-hydrogen) atoms. The maximum atomic E-state index is 5.26. The first-order valence-electron chi connectivity index (χ1n) is 6.85. The van der Waals surface area contributed by atoms with Crippen LogP contribution in [0.5, 0.6) is 0 Å². The molecule has 3 heteroatoms. The Bertz CT molecular complexity index is 547. The highest BCUT2D eigenvalue weighted by Crippen LogP contribution is 2.20. The Morgan fingerprint density at radius 2 is 1.55 bits per heavy atom. The number of anilines is 1. The number of thiocarbonyl (C=S) groups is 1. The van der Waals surface area contributed by atoms with E-state index in [1.54, 1.807) is 0 Å². The molecule has 104 valence electrons. The van der Waals surface area contributed by atoms with Gasteiger partial charge in [-0.15, -0.1) is 0 Å². The highest BCUT2D eigenvalue weighted by Gasteiger charge is 2.00. The normalized spacial score (nSPS) is 10.3. The van der Waals surface area contributed by atoms with Crippen molar-refractivity contribution in [2.24, 2.45) is 5.92 Å². The summed E-state index contributed by atoms with van der Waals surface area (Å²) in [5.74, 6) is 0.579. The van der Waals surface area contributed by atoms with Crippen molar-refractivity contribution in [1.82, 2.24) is 5.32 Å². The van der Waals surface area contributed by atoms with Gasteiger partial charge < -0.3 is 10.6 Å². The van der Waals surface area contributed by atoms with E-state index in [-0.39, 0.29) is 0 Å². The second-order valence-corrected chi connectivity index (χ2v) is 5.58. The zero-order valence-corrected chi connectivity index (χ0v) is 12.7. The van der Waals surface area contributed by atoms with Crippen molar-refractivity contribution in [2.45, 2.75) is 13.8 Å². The number of hydrogen-bond donors (Lipinski definition) is 2. The van der Waals surface area contributed by atoms with Gasteiger partial charge in [-0.25, -0.2) is 0 Å². The van der Waals surface area contributed by atoms with Gasteiger partial charge in [0, 0.05) is 12.2 Å². The van der Waals surface area contributed by atoms with Crippen LogP contribution in [0.15, 0.2) is 54.6 Å². The molecule has 2 N–H and O–H groups in total. The Kier molecular flexibility index (Phi) is 5.13. The third-order valence-corrected chi connectivity index (χ3v) is 3.17. The quantitative estimate of drug-likeness (QED) is 0.819. The van der Waals surface area contributed by atoms with E-state index in [9.17, 15) is 0 Å². The maximum Gasteiger partial charge on any atom is 0.170 e. The van der Waals surface area contributed by atoms with Crippen molar-refractivity contribution in [3.63, 3.8) is 0 Å². The number of benzene rings is 2. The lowest BCUT2D eigenvalue weighted by Gasteiger charge is -2.12. The fourth-order valence-electron chi connectivity index (χ4n) is 1.85. The minimum atomic E-state index is 0.579. The van der Waals surface area contributed by atoms with Gasteiger partial charge in [-0.1, -0.05) is 56.3 Å². The average molecular weight is 284 g/mol. The van der Waals surface area contributed by atoms with Crippen LogP contribution in [0.1, 0.15) is 13.8 Å². The van der Waals surface area contributed by atoms with Crippen molar-refractivity contribution in [1.29, 1.82) is 0 Å². The van der Waals surface area contributed by atoms with Crippen LogP contribution in [-0.2, 0) is 0 Å². The van der Waals surface area contributed by atoms with E-state index in [1.165, 1.54) is 11.1 Å². The van der Waals surface area contributed by atoms with Crippen molar-refractivity contribution >= 4 is 23.0 Å². The minimum absolute atomic E-state index is 0.579. The van der Waals surface area contributed by atoms with E-state index < -0.39 is 0 Å². The third kappa shape index (κ3) is 4.35. The predicted octanol–water partition coefficient (Wildman–Crippen LogP) is 4.30. The minimum Gasteiger partial charge on any atom is -0.362 e. The Morgan fingerprint density at radius 3 is 2.15 bits per heavy atom. The van der Waals surface area contributed by atoms with Crippen LogP contribution in [0, 0.1) is 5.92 Å². The first-order valence-corrected chi connectivity index (χ1v) is 7.26. The average Bonchev–Trinajstić information content (AvgIpc) is 2.47. The summed E-state index contributed by atoms with van der Waals surface area (Å²) >= 11 is 5.26. The van der Waals surface area contributed by atoms with E-state index >= 15 is 0 Å². The smallest absolute Gasteiger partial charge is 0.170 e. The van der Waals surface area contributed by atoms with Crippen molar-refractivity contribution in [3.05, 3.63) is 54.6 Å². The summed E-state index contributed by atoms with van der Waals surface area (Å²) in [6.45, 7) is 5.20. The molecule has 0 aliphatic heterocycles. The lowest BCUT2D eigenvalue weighted by atomic mass is 10.1. The first kappa shape index (κ1) is 14.5. The van der Waals surface area contributed by atoms with Gasteiger partial charge in [0.2, 0.25) is 0 Å². The Balaban J connectivity index is 1.97. The summed E-state index contributed by atoms with van der Waals surface area (Å²) in [6.07, 6.45) is 0. The monoisotopic (exact) mass is 284 g/mol. The zero-order chi connectivity index (χ0) is 14.4. The fraction of sp³-hybridized carbons (Fsp3) is 0.235. The van der Waals surface area contributed by atoms with Crippen LogP contribution in [0.25, 0.3) is 11.1 Å². The molecule has 0 heterocycles. The van der Waals surface area contributed by atoms with Gasteiger partial charge >= 0.3 is 0 Å². The van der Waals surface area contributed by atoms with Gasteiger partial charge in [-0.05, 0) is 41.4 Å². The second kappa shape index (κ2) is 7.06. The van der Waals surface area contributed by atoms with E-state index in [0.29, 0.717) is 11.0 Å². The molecule has 0 atom stereocenters. The van der Waals surface area contributed by atoms with Gasteiger partial charge in [0.05, 0.1) is 0 Å². The Labute approximate surface area is 126 Å². The molecular formula is C17H20N2S. The summed E-state index contributed by atoms with van der Waals surface area (Å²) in [5, 5.41) is 7.07. The topological polar surface area (TPSA) is 24.1 Å². The highest BCUT2D eigenvalue weighted by molar-refractivity contribution is 7.80. The summed E-state index contributed by atoms with van der Waals surface area (Å²) in [5.41, 5.74) is 3.43. The Hall–Kier alpha value is -1.87. The molecule has 2 nitrogen and oxygen atoms in total. The molecule has 0 fully saturated rings. The molecule has 2 aromatic rings. The number of hydrogen-bond acceptors (Lipinski definition) is 1. The molecule has 0 spiro atoms. The van der Waals surface area contributed by atoms with Gasteiger partial charge in [0.1, 0.15) is 0 Å². The first-order chi connectivity index (χ1) is 9.65. The summed E-state index contributed by atoms with van der Waals surface area (Å²) in [6, 6.07) is 18.6. The van der Waals surface area contributed by atoms with Crippen LogP contribution in [0.2, 0.25) is 0 Å². The van der Waals surface area contributed by atoms with Crippen LogP contribution in [0.4, 0.5) is 5.69 Å². The molecule has 0 radical (unpaired) electrons. The van der Waals surface area contributed by atoms with Gasteiger partial charge in [-0.2, -0.15) is 0 Å². The van der Waals surface area contributed by atoms with Gasteiger partial charge in [0.15, 0.2) is 5.11 Å². The molecule has 2 rings (SSSR count). The van der Waals surface area contributed by atoms with Crippen LogP contribution >= 0.6 is 12.2 Å². The van der Waals surface area contributed by atoms with Crippen LogP contribution in [0.3, 0.4) is 0 Å². The standard InChI is InChI=1S/C17H20N2S/c1-13(2)12-18-17(20)19-16-10-8-15(9-11-16)14-6-4-3-5-7-14/h3-11,13H,12H2,1-2H3,(H2,18,19,20). The molecule has 0 saturated carbocycles. The van der Waals surface area contributed by atoms with E-state index in [1.807, 2.05) is 30.3 Å². The van der Waals surface area contributed by atoms with Crippen molar-refractivity contribution in [3.8, 4) is 11.1 Å². The zero-order valence-electron chi connectivity index (χ0n) is 11.9. The van der Waals surface area contributed by atoms with Crippen LogP contribution < -0.4 is 10.6 Å². The summed E-state index contributed by atoms with van der Waals surface area (Å²) < 4.78 is 0. The SMILES string of the molecule is CC(C)CNC(=S)Nc1ccc(-c2ccccc2)cc1. The van der Waals surface area contributed by atoms with Crippen LogP contribution in [-0.4, -0.2) is 11.7 Å². The third-order valence-electron chi connectivity index (χ3n) is 2.92. The number of rotatable bonds is 4. The molecule has 0 saturated heterocycles. The molecule has 0 bridgehead atoms. The largest absolute Gasteiger partial charge is 0.362 e. The van der Waals surface area contributed by atoms with Crippen molar-refractivity contribution < 1.29 is 0 Å². The number of nitrogens with one attached hydrogen (secondary N) is 2. The lowest BCUT2D eigenvalue weighted by Crippen LogP contribution is -2.31. The highest BCUT2D eigenvalue weighted by atomic mass is 32.1. The molecule has 0 amide bonds. The molecule has 0 aromatic heterocycles. The van der Waals surface area contributed by atoms with Gasteiger partial charge in [0.25, 0.3) is 0 Å². The summed E-state index contributed by atoms with van der Waals surface area (Å²) in [4.78, 5) is 0. The van der Waals surface area contributed by atoms with E-state index in [2.05, 4.69) is 48.7 Å². The maximum absolute atomic E-state index is 5.26. The molecule has 0 aliphatic rings. The van der Waals surface area contributed by atoms with E-state index in [0.717, 1.165) is 12.2 Å². The second-order valence-electron chi connectivity index (χ2n) is 5.17. The van der Waals surface area contributed by atoms with Crippen molar-refractivity contribution in [2.75, 3.05) is 11.9 Å².